The maximum Gasteiger partial charge on any atom is 0.343 e. The Morgan fingerprint density at radius 3 is 2.67 bits per heavy atom. The third kappa shape index (κ3) is 5.73. The normalized spacial score (nSPS) is 16.6. The molecule has 0 spiro atoms. The molecule has 1 aromatic carbocycles. The van der Waals surface area contributed by atoms with Crippen LogP contribution in [-0.2, 0) is 17.8 Å². The number of aromatic amines is 1. The monoisotopic (exact) mass is 388 g/mol. The lowest BCUT2D eigenvalue weighted by atomic mass is 10.1. The van der Waals surface area contributed by atoms with Gasteiger partial charge in [0.05, 0.1) is 5.25 Å². The molecule has 6 nitrogen and oxygen atoms in total. The maximum absolute atomic E-state index is 12.6. The first-order chi connectivity index (χ1) is 13.1. The molecule has 7 heteroatoms. The van der Waals surface area contributed by atoms with Gasteiger partial charge in [0.2, 0.25) is 5.91 Å². The number of hydrogen-bond acceptors (Lipinski definition) is 4. The van der Waals surface area contributed by atoms with Crippen molar-refractivity contribution >= 4 is 17.7 Å². The summed E-state index contributed by atoms with van der Waals surface area (Å²) in [6, 6.07) is 10.3. The van der Waals surface area contributed by atoms with Crippen molar-refractivity contribution in [2.24, 2.45) is 0 Å². The van der Waals surface area contributed by atoms with E-state index in [4.69, 9.17) is 0 Å². The summed E-state index contributed by atoms with van der Waals surface area (Å²) in [4.78, 5) is 24.7. The van der Waals surface area contributed by atoms with Crippen LogP contribution < -0.4 is 11.0 Å². The van der Waals surface area contributed by atoms with Gasteiger partial charge in [-0.3, -0.25) is 9.36 Å². The van der Waals surface area contributed by atoms with Crippen LogP contribution in [0.4, 0.5) is 0 Å². The first-order valence-corrected chi connectivity index (χ1v) is 10.7. The van der Waals surface area contributed by atoms with Crippen molar-refractivity contribution in [3.63, 3.8) is 0 Å². The second kappa shape index (κ2) is 9.78. The van der Waals surface area contributed by atoms with Crippen molar-refractivity contribution in [1.29, 1.82) is 0 Å². The average molecular weight is 389 g/mol. The summed E-state index contributed by atoms with van der Waals surface area (Å²) in [7, 11) is 0. The van der Waals surface area contributed by atoms with Gasteiger partial charge in [-0.15, -0.1) is 5.10 Å². The molecule has 1 heterocycles. The van der Waals surface area contributed by atoms with E-state index >= 15 is 0 Å². The molecule has 0 radical (unpaired) electrons. The van der Waals surface area contributed by atoms with Crippen LogP contribution in [0.2, 0.25) is 0 Å². The molecule has 2 N–H and O–H groups in total. The van der Waals surface area contributed by atoms with Crippen molar-refractivity contribution in [2.75, 3.05) is 0 Å². The maximum atomic E-state index is 12.6. The van der Waals surface area contributed by atoms with Crippen LogP contribution in [0.15, 0.2) is 40.3 Å². The van der Waals surface area contributed by atoms with Gasteiger partial charge in [0.15, 0.2) is 5.16 Å². The van der Waals surface area contributed by atoms with E-state index in [0.29, 0.717) is 11.7 Å². The molecule has 0 bridgehead atoms. The van der Waals surface area contributed by atoms with Crippen molar-refractivity contribution in [3.05, 3.63) is 46.4 Å². The van der Waals surface area contributed by atoms with E-state index in [2.05, 4.69) is 15.5 Å². The van der Waals surface area contributed by atoms with Crippen LogP contribution in [0.25, 0.3) is 0 Å². The van der Waals surface area contributed by atoms with Crippen LogP contribution in [0.5, 0.6) is 0 Å². The fourth-order valence-corrected chi connectivity index (χ4v) is 4.32. The molecule has 1 aromatic heterocycles. The van der Waals surface area contributed by atoms with E-state index in [1.54, 1.807) is 4.57 Å². The summed E-state index contributed by atoms with van der Waals surface area (Å²) in [6.07, 6.45) is 7.77. The summed E-state index contributed by atoms with van der Waals surface area (Å²) in [5, 5.41) is 10.1. The molecule has 1 aliphatic carbocycles. The highest BCUT2D eigenvalue weighted by atomic mass is 32.2. The number of amides is 1. The average Bonchev–Trinajstić information content (AvgIpc) is 2.86. The molecule has 1 amide bonds. The Kier molecular flexibility index (Phi) is 7.15. The highest BCUT2D eigenvalue weighted by molar-refractivity contribution is 8.00. The number of nitrogens with one attached hydrogen (secondary N) is 2. The summed E-state index contributed by atoms with van der Waals surface area (Å²) in [5.74, 6) is 0.0250. The number of hydrogen-bond donors (Lipinski definition) is 2. The van der Waals surface area contributed by atoms with E-state index in [1.807, 2.05) is 37.3 Å². The molecule has 146 valence electrons. The minimum atomic E-state index is -0.293. The van der Waals surface area contributed by atoms with Gasteiger partial charge in [-0.25, -0.2) is 9.89 Å². The summed E-state index contributed by atoms with van der Waals surface area (Å²) >= 11 is 1.34. The zero-order valence-electron chi connectivity index (χ0n) is 15.8. The van der Waals surface area contributed by atoms with E-state index in [1.165, 1.54) is 43.0 Å². The van der Waals surface area contributed by atoms with E-state index < -0.39 is 0 Å². The number of carbonyl (C=O) groups excluding carboxylic acids is 1. The smallest absolute Gasteiger partial charge is 0.343 e. The van der Waals surface area contributed by atoms with Gasteiger partial charge in [-0.1, -0.05) is 67.8 Å². The second-order valence-electron chi connectivity index (χ2n) is 7.16. The van der Waals surface area contributed by atoms with Crippen LogP contribution in [0, 0.1) is 0 Å². The Labute approximate surface area is 164 Å². The summed E-state index contributed by atoms with van der Waals surface area (Å²) in [5.41, 5.74) is 0.936. The molecule has 27 heavy (non-hydrogen) atoms. The second-order valence-corrected chi connectivity index (χ2v) is 8.46. The van der Waals surface area contributed by atoms with Crippen LogP contribution in [0.1, 0.15) is 51.0 Å². The van der Waals surface area contributed by atoms with Crippen LogP contribution >= 0.6 is 11.8 Å². The van der Waals surface area contributed by atoms with Gasteiger partial charge >= 0.3 is 5.69 Å². The molecule has 1 fully saturated rings. The van der Waals surface area contributed by atoms with Crippen LogP contribution in [-0.4, -0.2) is 32.0 Å². The van der Waals surface area contributed by atoms with Crippen LogP contribution in [0.3, 0.4) is 0 Å². The molecule has 1 atom stereocenters. The van der Waals surface area contributed by atoms with Crippen molar-refractivity contribution in [1.82, 2.24) is 20.1 Å². The van der Waals surface area contributed by atoms with Crippen molar-refractivity contribution in [2.45, 2.75) is 74.9 Å². The third-order valence-corrected chi connectivity index (χ3v) is 6.13. The molecule has 0 saturated heterocycles. The van der Waals surface area contributed by atoms with Gasteiger partial charge in [0.25, 0.3) is 0 Å². The quantitative estimate of drug-likeness (QED) is 0.564. The molecular formula is C20H28N4O2S. The summed E-state index contributed by atoms with van der Waals surface area (Å²) < 4.78 is 1.62. The van der Waals surface area contributed by atoms with Gasteiger partial charge in [-0.2, -0.15) is 0 Å². The number of benzene rings is 1. The molecule has 0 unspecified atom stereocenters. The van der Waals surface area contributed by atoms with Gasteiger partial charge in [0.1, 0.15) is 0 Å². The largest absolute Gasteiger partial charge is 0.352 e. The van der Waals surface area contributed by atoms with Crippen molar-refractivity contribution < 1.29 is 4.79 Å². The zero-order chi connectivity index (χ0) is 19.1. The number of carbonyl (C=O) groups is 1. The topological polar surface area (TPSA) is 79.8 Å². The summed E-state index contributed by atoms with van der Waals surface area (Å²) in [6.45, 7) is 2.41. The minimum absolute atomic E-state index is 0.0250. The predicted octanol–water partition coefficient (Wildman–Crippen LogP) is 3.13. The highest BCUT2D eigenvalue weighted by Gasteiger charge is 2.22. The van der Waals surface area contributed by atoms with Gasteiger partial charge in [0, 0.05) is 12.6 Å². The Balaban J connectivity index is 1.58. The number of nitrogens with zero attached hydrogens (tertiary/aromatic N) is 2. The van der Waals surface area contributed by atoms with E-state index in [-0.39, 0.29) is 22.9 Å². The molecule has 3 rings (SSSR count). The van der Waals surface area contributed by atoms with E-state index in [9.17, 15) is 9.59 Å². The molecule has 2 aromatic rings. The minimum Gasteiger partial charge on any atom is -0.352 e. The SMILES string of the molecule is C[C@@H](Sc1n[nH]c(=O)n1CCc1ccccc1)C(=O)NC1CCCCCC1. The Morgan fingerprint density at radius 2 is 1.96 bits per heavy atom. The number of H-pyrrole nitrogens is 1. The highest BCUT2D eigenvalue weighted by Crippen LogP contribution is 2.22. The number of rotatable bonds is 7. The standard InChI is InChI=1S/C20H28N4O2S/c1-15(18(25)21-17-11-7-2-3-8-12-17)27-20-23-22-19(26)24(20)14-13-16-9-5-4-6-10-16/h4-6,9-10,15,17H,2-3,7-8,11-14H2,1H3,(H,21,25)(H,22,26)/t15-/m1/s1. The molecular weight excluding hydrogens is 360 g/mol. The molecule has 1 aliphatic rings. The predicted molar refractivity (Wildman–Crippen MR) is 108 cm³/mol. The number of aryl methyl sites for hydroxylation is 1. The van der Waals surface area contributed by atoms with Crippen molar-refractivity contribution in [3.8, 4) is 0 Å². The fraction of sp³-hybridized carbons (Fsp3) is 0.550. The lowest BCUT2D eigenvalue weighted by molar-refractivity contribution is -0.121. The fourth-order valence-electron chi connectivity index (χ4n) is 3.43. The Hall–Kier alpha value is -2.02. The first-order valence-electron chi connectivity index (χ1n) is 9.79. The molecule has 0 aliphatic heterocycles. The Bertz CT molecular complexity index is 779. The lowest BCUT2D eigenvalue weighted by Gasteiger charge is -2.19. The number of aromatic nitrogens is 3. The third-order valence-electron chi connectivity index (χ3n) is 5.04. The number of thioether (sulfide) groups is 1. The Morgan fingerprint density at radius 1 is 1.26 bits per heavy atom. The zero-order valence-corrected chi connectivity index (χ0v) is 16.6. The first kappa shape index (κ1) is 19.7. The molecule has 1 saturated carbocycles. The van der Waals surface area contributed by atoms with Gasteiger partial charge in [-0.05, 0) is 31.7 Å². The van der Waals surface area contributed by atoms with E-state index in [0.717, 1.165) is 19.3 Å². The van der Waals surface area contributed by atoms with Gasteiger partial charge < -0.3 is 5.32 Å². The lowest BCUT2D eigenvalue weighted by Crippen LogP contribution is -2.39.